The van der Waals surface area contributed by atoms with Crippen LogP contribution in [0.15, 0.2) is 0 Å². The van der Waals surface area contributed by atoms with Crippen LogP contribution in [0.25, 0.3) is 0 Å². The van der Waals surface area contributed by atoms with Crippen molar-refractivity contribution in [3.05, 3.63) is 0 Å². The first-order valence-corrected chi connectivity index (χ1v) is 2.38. The Bertz CT molecular complexity index is 70.1. The minimum atomic E-state index is -0.755. The van der Waals surface area contributed by atoms with Crippen molar-refractivity contribution in [3.63, 3.8) is 0 Å². The number of hydrogen-bond donors (Lipinski definition) is 1. The van der Waals surface area contributed by atoms with Crippen molar-refractivity contribution < 1.29 is 16.4 Å². The molecule has 0 bridgehead atoms. The highest BCUT2D eigenvalue weighted by atomic mass is 32.1. The van der Waals surface area contributed by atoms with Gasteiger partial charge in [0.1, 0.15) is 0 Å². The van der Waals surface area contributed by atoms with Crippen LogP contribution in [0.5, 0.6) is 0 Å². The van der Waals surface area contributed by atoms with Crippen LogP contribution in [0.4, 0.5) is 0 Å². The summed E-state index contributed by atoms with van der Waals surface area (Å²) in [4.78, 5) is 12.9. The molecule has 0 N–H and O–H groups in total. The Morgan fingerprint density at radius 1 is 1.88 bits per heavy atom. The molecule has 0 saturated carbocycles. The molecule has 8 heavy (non-hydrogen) atoms. The van der Waals surface area contributed by atoms with Crippen molar-refractivity contribution in [3.8, 4) is 0 Å². The van der Waals surface area contributed by atoms with Crippen molar-refractivity contribution in [2.45, 2.75) is 6.42 Å². The monoisotopic (exact) mass is 156 g/mol. The third-order valence-electron chi connectivity index (χ3n) is 0.409. The normalized spacial score (nSPS) is 7.25. The maximum Gasteiger partial charge on any atom is 1.00 e. The molecule has 5 heteroatoms. The first-order chi connectivity index (χ1) is 3.31. The van der Waals surface area contributed by atoms with Gasteiger partial charge in [0, 0.05) is 5.75 Å². The molecule has 0 aliphatic carbocycles. The maximum atomic E-state index is 9.83. The minimum absolute atomic E-state index is 0. The molecule has 0 radical (unpaired) electrons. The van der Waals surface area contributed by atoms with Gasteiger partial charge in [-0.3, -0.25) is 4.79 Å². The van der Waals surface area contributed by atoms with Gasteiger partial charge in [0.25, 0.3) is 0 Å². The van der Waals surface area contributed by atoms with E-state index in [-0.39, 0.29) is 21.3 Å². The van der Waals surface area contributed by atoms with Crippen LogP contribution in [0.3, 0.4) is 0 Å². The van der Waals surface area contributed by atoms with E-state index in [1.165, 1.54) is 0 Å². The number of rotatable bonds is 2. The topological polar surface area (TPSA) is 49.4 Å². The van der Waals surface area contributed by atoms with E-state index in [0.717, 1.165) is 0 Å². The highest BCUT2D eigenvalue weighted by molar-refractivity contribution is 7.80. The summed E-state index contributed by atoms with van der Waals surface area (Å²) in [5, 5.41) is 9.14. The summed E-state index contributed by atoms with van der Waals surface area (Å²) in [6.45, 7) is 0. The fourth-order valence-corrected chi connectivity index (χ4v) is 0.316. The predicted octanol–water partition coefficient (Wildman–Crippen LogP) is -0.650. The molecule has 3 nitrogen and oxygen atoms in total. The van der Waals surface area contributed by atoms with Crippen molar-refractivity contribution >= 4 is 32.1 Å². The molecule has 0 fully saturated rings. The van der Waals surface area contributed by atoms with Crippen molar-refractivity contribution in [2.75, 3.05) is 5.75 Å². The molecule has 0 saturated heterocycles. The average molecular weight is 156 g/mol. The van der Waals surface area contributed by atoms with Gasteiger partial charge < -0.3 is 10.1 Å². The first-order valence-electron chi connectivity index (χ1n) is 1.74. The van der Waals surface area contributed by atoms with Crippen LogP contribution in [0.1, 0.15) is 7.85 Å². The standard InChI is InChI=1S/C3H6O3S.H2S/c4-3(6-5)1-2-7;/h5,7H,1-2H2;1H2. The Hall–Kier alpha value is 0.130. The summed E-state index contributed by atoms with van der Waals surface area (Å²) in [6, 6.07) is 0. The van der Waals surface area contributed by atoms with E-state index >= 15 is 0 Å². The van der Waals surface area contributed by atoms with Crippen LogP contribution < -0.4 is 5.26 Å². The zero-order chi connectivity index (χ0) is 5.70. The summed E-state index contributed by atoms with van der Waals surface area (Å²) in [6.07, 6.45) is 0.0899. The Morgan fingerprint density at radius 2 is 2.38 bits per heavy atom. The van der Waals surface area contributed by atoms with Crippen molar-refractivity contribution in [1.82, 2.24) is 0 Å². The van der Waals surface area contributed by atoms with Gasteiger partial charge in [-0.05, 0) is 0 Å². The van der Waals surface area contributed by atoms with Gasteiger partial charge in [-0.25, -0.2) is 0 Å². The van der Waals surface area contributed by atoms with Gasteiger partial charge in [-0.1, -0.05) is 0 Å². The van der Waals surface area contributed by atoms with Gasteiger partial charge in [0.05, 0.1) is 6.42 Å². The van der Waals surface area contributed by atoms with E-state index in [0.29, 0.717) is 5.75 Å². The van der Waals surface area contributed by atoms with Gasteiger partial charge in [0.15, 0.2) is 0 Å². The predicted molar refractivity (Wildman–Crippen MR) is 36.1 cm³/mol. The number of carbonyl (C=O) groups is 1. The molecule has 0 aromatic heterocycles. The van der Waals surface area contributed by atoms with Gasteiger partial charge in [-0.15, -0.1) is 0 Å². The third kappa shape index (κ3) is 6.13. The quantitative estimate of drug-likeness (QED) is 0.328. The van der Waals surface area contributed by atoms with E-state index in [9.17, 15) is 4.79 Å². The first kappa shape index (κ1) is 11.0. The lowest BCUT2D eigenvalue weighted by Gasteiger charge is -2.02. The molecule has 0 unspecified atom stereocenters. The third-order valence-corrected chi connectivity index (χ3v) is 0.632. The molecule has 0 aliphatic rings. The fourth-order valence-electron chi connectivity index (χ4n) is 0.133. The maximum absolute atomic E-state index is 9.83. The number of carbonyl (C=O) groups excluding carboxylic acids is 1. The van der Waals surface area contributed by atoms with Crippen LogP contribution in [0.2, 0.25) is 0 Å². The zero-order valence-corrected chi connectivity index (χ0v) is 5.98. The molecule has 0 spiro atoms. The van der Waals surface area contributed by atoms with Gasteiger partial charge in [0.2, 0.25) is 0 Å². The number of hydrogen-bond acceptors (Lipinski definition) is 4. The van der Waals surface area contributed by atoms with Crippen molar-refractivity contribution in [2.24, 2.45) is 0 Å². The largest absolute Gasteiger partial charge is 1.00 e. The summed E-state index contributed by atoms with van der Waals surface area (Å²) < 4.78 is 0. The second-order valence-corrected chi connectivity index (χ2v) is 1.38. The van der Waals surface area contributed by atoms with Gasteiger partial charge in [-0.2, -0.15) is 26.1 Å². The molecule has 0 atom stereocenters. The van der Waals surface area contributed by atoms with Crippen LogP contribution in [0, 0.1) is 0 Å². The molecule has 0 aromatic rings. The molecule has 0 heterocycles. The van der Waals surface area contributed by atoms with E-state index in [2.05, 4.69) is 17.5 Å². The summed E-state index contributed by atoms with van der Waals surface area (Å²) in [5.74, 6) is -0.392. The Labute approximate surface area is 61.3 Å². The summed E-state index contributed by atoms with van der Waals surface area (Å²) in [5.41, 5.74) is 0. The highest BCUT2D eigenvalue weighted by Gasteiger charge is 1.90. The lowest BCUT2D eigenvalue weighted by molar-refractivity contribution is -0.657. The molecule has 0 aliphatic heterocycles. The smallest absolute Gasteiger partial charge is 0.662 e. The van der Waals surface area contributed by atoms with Gasteiger partial charge >= 0.3 is 7.40 Å². The van der Waals surface area contributed by atoms with Crippen LogP contribution >= 0.6 is 26.1 Å². The Morgan fingerprint density at radius 3 is 2.50 bits per heavy atom. The highest BCUT2D eigenvalue weighted by Crippen LogP contribution is 1.83. The van der Waals surface area contributed by atoms with Crippen LogP contribution in [-0.2, 0) is 9.68 Å². The summed E-state index contributed by atoms with van der Waals surface area (Å²) in [7, 11) is 0. The SMILES string of the molecule is O=C(CCS)O[O-].S.[H+]. The number of thiol groups is 1. The fraction of sp³-hybridized carbons (Fsp3) is 0.667. The molecule has 0 amide bonds. The molecule has 0 aromatic carbocycles. The van der Waals surface area contributed by atoms with E-state index in [1.807, 2.05) is 0 Å². The molecule has 0 rings (SSSR count). The minimum Gasteiger partial charge on any atom is -0.662 e. The molecular formula is C3H8O3S2. The average Bonchev–Trinajstić information content (AvgIpc) is 1.68. The van der Waals surface area contributed by atoms with Crippen LogP contribution in [-0.4, -0.2) is 11.7 Å². The molecule has 50 valence electrons. The Kier molecular flexibility index (Phi) is 9.80. The van der Waals surface area contributed by atoms with Crippen molar-refractivity contribution in [1.29, 1.82) is 0 Å². The van der Waals surface area contributed by atoms with E-state index in [1.54, 1.807) is 0 Å². The second kappa shape index (κ2) is 7.13. The Balaban J connectivity index is -0.000000180. The lowest BCUT2D eigenvalue weighted by atomic mass is 10.5. The molecular weight excluding hydrogens is 148 g/mol. The zero-order valence-electron chi connectivity index (χ0n) is 5.09. The van der Waals surface area contributed by atoms with E-state index < -0.39 is 5.97 Å². The summed E-state index contributed by atoms with van der Waals surface area (Å²) >= 11 is 3.67. The lowest BCUT2D eigenvalue weighted by Crippen LogP contribution is -2.13. The second-order valence-electron chi connectivity index (χ2n) is 0.929. The van der Waals surface area contributed by atoms with E-state index in [4.69, 9.17) is 5.26 Å².